The van der Waals surface area contributed by atoms with Crippen LogP contribution in [-0.2, 0) is 9.53 Å². The number of ether oxygens (including phenoxy) is 2. The Morgan fingerprint density at radius 2 is 1.92 bits per heavy atom. The highest BCUT2D eigenvalue weighted by Gasteiger charge is 2.30. The summed E-state index contributed by atoms with van der Waals surface area (Å²) in [7, 11) is 1.67. The summed E-state index contributed by atoms with van der Waals surface area (Å²) in [5.41, 5.74) is 1.05. The number of amides is 1. The van der Waals surface area contributed by atoms with E-state index >= 15 is 0 Å². The monoisotopic (exact) mass is 327 g/mol. The van der Waals surface area contributed by atoms with Crippen molar-refractivity contribution >= 4 is 16.7 Å². The number of methoxy groups -OCH3 is 1. The number of hydrogen-bond donors (Lipinski definition) is 0. The van der Waals surface area contributed by atoms with Gasteiger partial charge in [-0.3, -0.25) is 4.79 Å². The lowest BCUT2D eigenvalue weighted by atomic mass is 9.95. The van der Waals surface area contributed by atoms with Crippen molar-refractivity contribution in [2.45, 2.75) is 38.8 Å². The fourth-order valence-corrected chi connectivity index (χ4v) is 3.24. The number of rotatable bonds is 3. The molecule has 1 saturated heterocycles. The molecule has 4 heteroatoms. The van der Waals surface area contributed by atoms with E-state index in [2.05, 4.69) is 12.1 Å². The Bertz CT molecular complexity index is 743. The molecule has 1 heterocycles. The van der Waals surface area contributed by atoms with Gasteiger partial charge in [-0.15, -0.1) is 0 Å². The molecule has 0 radical (unpaired) electrons. The van der Waals surface area contributed by atoms with Crippen molar-refractivity contribution in [2.75, 3.05) is 20.3 Å². The van der Waals surface area contributed by atoms with Gasteiger partial charge >= 0.3 is 0 Å². The minimum atomic E-state index is -0.163. The third kappa shape index (κ3) is 3.24. The molecule has 1 amide bonds. The number of carbonyl (C=O) groups is 1. The molecule has 128 valence electrons. The van der Waals surface area contributed by atoms with E-state index in [0.717, 1.165) is 22.1 Å². The van der Waals surface area contributed by atoms with Gasteiger partial charge in [0, 0.05) is 6.54 Å². The standard InChI is InChI=1S/C20H25NO3/c1-13-12-24-14(2)11-21(13)20(22)15(3)16-5-6-18-10-19(23-4)8-7-17(18)9-16/h5-10,13-15H,11-12H2,1-4H3/t13?,14?,15-/m0/s1. The third-order valence-electron chi connectivity index (χ3n) is 4.83. The highest BCUT2D eigenvalue weighted by atomic mass is 16.5. The smallest absolute Gasteiger partial charge is 0.230 e. The van der Waals surface area contributed by atoms with Crippen molar-refractivity contribution < 1.29 is 14.3 Å². The zero-order chi connectivity index (χ0) is 17.3. The fraction of sp³-hybridized carbons (Fsp3) is 0.450. The number of benzene rings is 2. The van der Waals surface area contributed by atoms with Gasteiger partial charge in [-0.05, 0) is 49.2 Å². The second-order valence-corrected chi connectivity index (χ2v) is 6.68. The Hall–Kier alpha value is -2.07. The molecule has 3 rings (SSSR count). The minimum absolute atomic E-state index is 0.0985. The fourth-order valence-electron chi connectivity index (χ4n) is 3.24. The van der Waals surface area contributed by atoms with Crippen LogP contribution in [-0.4, -0.2) is 43.2 Å². The number of morpholine rings is 1. The highest BCUT2D eigenvalue weighted by molar-refractivity contribution is 5.88. The van der Waals surface area contributed by atoms with Gasteiger partial charge in [0.2, 0.25) is 5.91 Å². The number of hydrogen-bond acceptors (Lipinski definition) is 3. The Morgan fingerprint density at radius 1 is 1.21 bits per heavy atom. The van der Waals surface area contributed by atoms with E-state index in [4.69, 9.17) is 9.47 Å². The van der Waals surface area contributed by atoms with Crippen molar-refractivity contribution in [1.82, 2.24) is 4.90 Å². The second-order valence-electron chi connectivity index (χ2n) is 6.68. The van der Waals surface area contributed by atoms with Crippen LogP contribution in [0, 0.1) is 0 Å². The predicted octanol–water partition coefficient (Wildman–Crippen LogP) is 3.59. The van der Waals surface area contributed by atoms with Crippen LogP contribution in [0.2, 0.25) is 0 Å². The molecule has 4 nitrogen and oxygen atoms in total. The highest BCUT2D eigenvalue weighted by Crippen LogP contribution is 2.27. The molecule has 0 aliphatic carbocycles. The van der Waals surface area contributed by atoms with Crippen LogP contribution in [0.3, 0.4) is 0 Å². The molecule has 2 unspecified atom stereocenters. The lowest BCUT2D eigenvalue weighted by molar-refractivity contribution is -0.144. The lowest BCUT2D eigenvalue weighted by Crippen LogP contribution is -2.51. The van der Waals surface area contributed by atoms with Gasteiger partial charge in [0.25, 0.3) is 0 Å². The summed E-state index contributed by atoms with van der Waals surface area (Å²) in [6.45, 7) is 7.32. The molecule has 1 fully saturated rings. The quantitative estimate of drug-likeness (QED) is 0.865. The second kappa shape index (κ2) is 6.81. The van der Waals surface area contributed by atoms with E-state index in [1.54, 1.807) is 7.11 Å². The Morgan fingerprint density at radius 3 is 2.67 bits per heavy atom. The molecular weight excluding hydrogens is 302 g/mol. The Labute approximate surface area is 143 Å². The molecule has 0 bridgehead atoms. The van der Waals surface area contributed by atoms with Gasteiger partial charge < -0.3 is 14.4 Å². The van der Waals surface area contributed by atoms with Crippen molar-refractivity contribution in [2.24, 2.45) is 0 Å². The average Bonchev–Trinajstić information content (AvgIpc) is 2.61. The van der Waals surface area contributed by atoms with E-state index in [1.165, 1.54) is 0 Å². The molecule has 1 aliphatic rings. The first-order chi connectivity index (χ1) is 11.5. The maximum absolute atomic E-state index is 12.9. The van der Waals surface area contributed by atoms with Gasteiger partial charge in [0.1, 0.15) is 5.75 Å². The summed E-state index contributed by atoms with van der Waals surface area (Å²) in [6, 6.07) is 12.3. The third-order valence-corrected chi connectivity index (χ3v) is 4.83. The Kier molecular flexibility index (Phi) is 4.76. The van der Waals surface area contributed by atoms with Crippen molar-refractivity contribution in [1.29, 1.82) is 0 Å². The minimum Gasteiger partial charge on any atom is -0.497 e. The zero-order valence-electron chi connectivity index (χ0n) is 14.8. The van der Waals surface area contributed by atoms with E-state index in [0.29, 0.717) is 13.2 Å². The van der Waals surface area contributed by atoms with Crippen molar-refractivity contribution in [3.8, 4) is 5.75 Å². The molecule has 1 aliphatic heterocycles. The number of fused-ring (bicyclic) bond motifs is 1. The van der Waals surface area contributed by atoms with Gasteiger partial charge in [-0.1, -0.05) is 24.3 Å². The summed E-state index contributed by atoms with van der Waals surface area (Å²) in [4.78, 5) is 14.9. The zero-order valence-corrected chi connectivity index (χ0v) is 14.8. The van der Waals surface area contributed by atoms with Crippen molar-refractivity contribution in [3.63, 3.8) is 0 Å². The molecule has 2 aromatic carbocycles. The van der Waals surface area contributed by atoms with Gasteiger partial charge in [-0.2, -0.15) is 0 Å². The summed E-state index contributed by atoms with van der Waals surface area (Å²) in [5.74, 6) is 0.852. The summed E-state index contributed by atoms with van der Waals surface area (Å²) in [5, 5.41) is 2.24. The summed E-state index contributed by atoms with van der Waals surface area (Å²) < 4.78 is 10.9. The van der Waals surface area contributed by atoms with Crippen LogP contribution in [0.1, 0.15) is 32.3 Å². The normalized spacial score (nSPS) is 22.4. The predicted molar refractivity (Wildman–Crippen MR) is 95.5 cm³/mol. The first-order valence-electron chi connectivity index (χ1n) is 8.49. The molecule has 3 atom stereocenters. The molecule has 0 saturated carbocycles. The van der Waals surface area contributed by atoms with E-state index in [9.17, 15) is 4.79 Å². The lowest BCUT2D eigenvalue weighted by Gasteiger charge is -2.38. The van der Waals surface area contributed by atoms with Crippen LogP contribution in [0.15, 0.2) is 36.4 Å². The maximum atomic E-state index is 12.9. The van der Waals surface area contributed by atoms with Crippen LogP contribution >= 0.6 is 0 Å². The number of carbonyl (C=O) groups excluding carboxylic acids is 1. The molecule has 2 aromatic rings. The summed E-state index contributed by atoms with van der Waals surface area (Å²) >= 11 is 0. The molecule has 0 N–H and O–H groups in total. The number of nitrogens with zero attached hydrogens (tertiary/aromatic N) is 1. The topological polar surface area (TPSA) is 38.8 Å². The molecule has 24 heavy (non-hydrogen) atoms. The van der Waals surface area contributed by atoms with Gasteiger partial charge in [0.05, 0.1) is 31.8 Å². The Balaban J connectivity index is 1.84. The van der Waals surface area contributed by atoms with E-state index in [-0.39, 0.29) is 24.0 Å². The van der Waals surface area contributed by atoms with Crippen LogP contribution < -0.4 is 4.74 Å². The molecule has 0 spiro atoms. The van der Waals surface area contributed by atoms with Crippen LogP contribution in [0.25, 0.3) is 10.8 Å². The van der Waals surface area contributed by atoms with Crippen LogP contribution in [0.5, 0.6) is 5.75 Å². The first-order valence-corrected chi connectivity index (χ1v) is 8.49. The molecule has 0 aromatic heterocycles. The van der Waals surface area contributed by atoms with Crippen molar-refractivity contribution in [3.05, 3.63) is 42.0 Å². The summed E-state index contributed by atoms with van der Waals surface area (Å²) in [6.07, 6.45) is 0.0985. The maximum Gasteiger partial charge on any atom is 0.230 e. The molecular formula is C20H25NO3. The van der Waals surface area contributed by atoms with Gasteiger partial charge in [-0.25, -0.2) is 0 Å². The van der Waals surface area contributed by atoms with Gasteiger partial charge in [0.15, 0.2) is 0 Å². The first kappa shape index (κ1) is 16.8. The van der Waals surface area contributed by atoms with E-state index in [1.807, 2.05) is 49.9 Å². The SMILES string of the molecule is COc1ccc2cc([C@H](C)C(=O)N3CC(C)OCC3C)ccc2c1. The average molecular weight is 327 g/mol. The van der Waals surface area contributed by atoms with Crippen LogP contribution in [0.4, 0.5) is 0 Å². The van der Waals surface area contributed by atoms with E-state index < -0.39 is 0 Å². The largest absolute Gasteiger partial charge is 0.497 e.